The van der Waals surface area contributed by atoms with Crippen LogP contribution in [0.2, 0.25) is 0 Å². The van der Waals surface area contributed by atoms with Crippen molar-refractivity contribution in [3.05, 3.63) is 0 Å². The van der Waals surface area contributed by atoms with Gasteiger partial charge in [-0.05, 0) is 6.54 Å². The van der Waals surface area contributed by atoms with Gasteiger partial charge in [0.2, 0.25) is 5.91 Å². The molecule has 6 heteroatoms. The fourth-order valence-corrected chi connectivity index (χ4v) is 2.27. The molecule has 1 rings (SSSR count). The lowest BCUT2D eigenvalue weighted by Gasteiger charge is -2.33. The third kappa shape index (κ3) is 7.79. The minimum atomic E-state index is 0.150. The lowest BCUT2D eigenvalue weighted by molar-refractivity contribution is -0.121. The summed E-state index contributed by atoms with van der Waals surface area (Å²) in [4.78, 5) is 16.5. The molecule has 0 radical (unpaired) electrons. The van der Waals surface area contributed by atoms with E-state index in [0.29, 0.717) is 19.6 Å². The maximum absolute atomic E-state index is 11.7. The number of nitrogens with zero attached hydrogens (tertiary/aromatic N) is 2. The predicted octanol–water partition coefficient (Wildman–Crippen LogP) is -0.634. The second kappa shape index (κ2) is 11.0. The van der Waals surface area contributed by atoms with Gasteiger partial charge in [-0.1, -0.05) is 6.92 Å². The maximum atomic E-state index is 11.7. The van der Waals surface area contributed by atoms with Gasteiger partial charge in [0, 0.05) is 65.9 Å². The van der Waals surface area contributed by atoms with E-state index < -0.39 is 0 Å². The van der Waals surface area contributed by atoms with E-state index in [-0.39, 0.29) is 5.91 Å². The lowest BCUT2D eigenvalue weighted by atomic mass is 10.3. The topological polar surface area (TPSA) is 56.8 Å². The molecule has 118 valence electrons. The minimum Gasteiger partial charge on any atom is -0.383 e. The zero-order valence-corrected chi connectivity index (χ0v) is 13.0. The van der Waals surface area contributed by atoms with Gasteiger partial charge in [0.25, 0.3) is 0 Å². The van der Waals surface area contributed by atoms with Crippen molar-refractivity contribution in [2.45, 2.75) is 13.3 Å². The summed E-state index contributed by atoms with van der Waals surface area (Å²) in [5.74, 6) is 0.150. The number of nitrogens with one attached hydrogen (secondary N) is 2. The summed E-state index contributed by atoms with van der Waals surface area (Å²) in [5.41, 5.74) is 0. The quantitative estimate of drug-likeness (QED) is 0.524. The highest BCUT2D eigenvalue weighted by atomic mass is 16.5. The Kier molecular flexibility index (Phi) is 9.57. The van der Waals surface area contributed by atoms with Gasteiger partial charge in [-0.2, -0.15) is 0 Å². The molecular formula is C14H30N4O2. The van der Waals surface area contributed by atoms with Crippen molar-refractivity contribution in [2.24, 2.45) is 0 Å². The molecule has 0 aliphatic carbocycles. The van der Waals surface area contributed by atoms with E-state index in [1.165, 1.54) is 0 Å². The van der Waals surface area contributed by atoms with Crippen LogP contribution in [0, 0.1) is 0 Å². The molecule has 1 saturated heterocycles. The van der Waals surface area contributed by atoms with Gasteiger partial charge in [-0.25, -0.2) is 0 Å². The number of hydrogen-bond acceptors (Lipinski definition) is 5. The summed E-state index contributed by atoms with van der Waals surface area (Å²) in [6.07, 6.45) is 0.601. The van der Waals surface area contributed by atoms with Crippen LogP contribution >= 0.6 is 0 Å². The summed E-state index contributed by atoms with van der Waals surface area (Å²) >= 11 is 0. The zero-order valence-electron chi connectivity index (χ0n) is 13.0. The Bertz CT molecular complexity index is 256. The Morgan fingerprint density at radius 1 is 1.10 bits per heavy atom. The van der Waals surface area contributed by atoms with Gasteiger partial charge < -0.3 is 25.2 Å². The second-order valence-corrected chi connectivity index (χ2v) is 5.12. The number of likely N-dealkylation sites (N-methyl/N-ethyl adjacent to an activating group) is 1. The monoisotopic (exact) mass is 286 g/mol. The highest BCUT2D eigenvalue weighted by Gasteiger charge is 2.15. The van der Waals surface area contributed by atoms with Crippen molar-refractivity contribution < 1.29 is 9.53 Å². The summed E-state index contributed by atoms with van der Waals surface area (Å²) < 4.78 is 4.93. The van der Waals surface area contributed by atoms with E-state index in [2.05, 4.69) is 27.4 Å². The smallest absolute Gasteiger partial charge is 0.221 e. The summed E-state index contributed by atoms with van der Waals surface area (Å²) in [6.45, 7) is 11.6. The number of piperazine rings is 1. The average Bonchev–Trinajstić information content (AvgIpc) is 2.49. The van der Waals surface area contributed by atoms with Gasteiger partial charge in [-0.3, -0.25) is 4.79 Å². The van der Waals surface area contributed by atoms with Crippen LogP contribution in [0.15, 0.2) is 0 Å². The van der Waals surface area contributed by atoms with E-state index in [9.17, 15) is 4.79 Å². The fraction of sp³-hybridized carbons (Fsp3) is 0.929. The van der Waals surface area contributed by atoms with E-state index in [4.69, 9.17) is 4.74 Å². The molecule has 0 aromatic rings. The molecule has 1 aliphatic heterocycles. The number of amides is 1. The van der Waals surface area contributed by atoms with Crippen molar-refractivity contribution in [3.63, 3.8) is 0 Å². The molecule has 1 fully saturated rings. The van der Waals surface area contributed by atoms with Gasteiger partial charge in [-0.15, -0.1) is 0 Å². The fourth-order valence-electron chi connectivity index (χ4n) is 2.27. The number of ether oxygens (including phenoxy) is 1. The van der Waals surface area contributed by atoms with Crippen molar-refractivity contribution in [3.8, 4) is 0 Å². The second-order valence-electron chi connectivity index (χ2n) is 5.12. The molecule has 0 bridgehead atoms. The standard InChI is InChI=1S/C14H30N4O2/c1-3-17-9-11-18(12-10-17)8-4-14(19)16-6-5-15-7-13-20-2/h15H,3-13H2,1-2H3,(H,16,19). The maximum Gasteiger partial charge on any atom is 0.221 e. The normalized spacial score (nSPS) is 17.3. The summed E-state index contributed by atoms with van der Waals surface area (Å²) in [5, 5.41) is 6.14. The molecule has 0 unspecified atom stereocenters. The van der Waals surface area contributed by atoms with Gasteiger partial charge in [0.15, 0.2) is 0 Å². The Balaban J connectivity index is 1.95. The third-order valence-corrected chi connectivity index (χ3v) is 3.67. The molecule has 1 heterocycles. The minimum absolute atomic E-state index is 0.150. The van der Waals surface area contributed by atoms with E-state index in [1.807, 2.05) is 0 Å². The van der Waals surface area contributed by atoms with Crippen molar-refractivity contribution >= 4 is 5.91 Å². The van der Waals surface area contributed by atoms with Gasteiger partial charge in [0.1, 0.15) is 0 Å². The molecule has 20 heavy (non-hydrogen) atoms. The molecule has 1 aliphatic rings. The van der Waals surface area contributed by atoms with Crippen LogP contribution in [-0.2, 0) is 9.53 Å². The molecule has 0 saturated carbocycles. The van der Waals surface area contributed by atoms with Crippen LogP contribution in [0.25, 0.3) is 0 Å². The number of rotatable bonds is 10. The molecule has 0 aromatic heterocycles. The Morgan fingerprint density at radius 3 is 2.45 bits per heavy atom. The molecule has 0 atom stereocenters. The van der Waals surface area contributed by atoms with E-state index in [0.717, 1.165) is 52.4 Å². The van der Waals surface area contributed by atoms with Crippen molar-refractivity contribution in [1.82, 2.24) is 20.4 Å². The first kappa shape index (κ1) is 17.4. The van der Waals surface area contributed by atoms with Crippen LogP contribution in [0.3, 0.4) is 0 Å². The molecule has 1 amide bonds. The van der Waals surface area contributed by atoms with Crippen LogP contribution in [0.5, 0.6) is 0 Å². The number of carbonyl (C=O) groups excluding carboxylic acids is 1. The summed E-state index contributed by atoms with van der Waals surface area (Å²) in [7, 11) is 1.68. The first-order valence-electron chi connectivity index (χ1n) is 7.67. The van der Waals surface area contributed by atoms with Gasteiger partial charge in [0.05, 0.1) is 6.61 Å². The molecule has 2 N–H and O–H groups in total. The first-order chi connectivity index (χ1) is 9.76. The molecular weight excluding hydrogens is 256 g/mol. The Morgan fingerprint density at radius 2 is 1.80 bits per heavy atom. The third-order valence-electron chi connectivity index (χ3n) is 3.67. The van der Waals surface area contributed by atoms with Crippen LogP contribution in [0.4, 0.5) is 0 Å². The van der Waals surface area contributed by atoms with E-state index in [1.54, 1.807) is 7.11 Å². The van der Waals surface area contributed by atoms with Gasteiger partial charge >= 0.3 is 0 Å². The molecule has 0 aromatic carbocycles. The lowest BCUT2D eigenvalue weighted by Crippen LogP contribution is -2.47. The molecule has 0 spiro atoms. The summed E-state index contributed by atoms with van der Waals surface area (Å²) in [6, 6.07) is 0. The number of hydrogen-bond donors (Lipinski definition) is 2. The van der Waals surface area contributed by atoms with Crippen LogP contribution in [-0.4, -0.2) is 88.3 Å². The first-order valence-corrected chi connectivity index (χ1v) is 7.67. The average molecular weight is 286 g/mol. The highest BCUT2D eigenvalue weighted by molar-refractivity contribution is 5.76. The molecule has 6 nitrogen and oxygen atoms in total. The Labute approximate surface area is 122 Å². The number of methoxy groups -OCH3 is 1. The highest BCUT2D eigenvalue weighted by Crippen LogP contribution is 2.01. The van der Waals surface area contributed by atoms with E-state index >= 15 is 0 Å². The number of carbonyl (C=O) groups is 1. The predicted molar refractivity (Wildman–Crippen MR) is 80.9 cm³/mol. The van der Waals surface area contributed by atoms with Crippen LogP contribution in [0.1, 0.15) is 13.3 Å². The zero-order chi connectivity index (χ0) is 14.6. The largest absolute Gasteiger partial charge is 0.383 e. The van der Waals surface area contributed by atoms with Crippen molar-refractivity contribution in [2.75, 3.05) is 72.6 Å². The SMILES string of the molecule is CCN1CCN(CCC(=O)NCCNCCOC)CC1. The van der Waals surface area contributed by atoms with Crippen molar-refractivity contribution in [1.29, 1.82) is 0 Å². The van der Waals surface area contributed by atoms with Crippen LogP contribution < -0.4 is 10.6 Å². The Hall–Kier alpha value is -0.690.